The summed E-state index contributed by atoms with van der Waals surface area (Å²) in [6, 6.07) is 7.63. The van der Waals surface area contributed by atoms with Crippen molar-refractivity contribution in [1.29, 1.82) is 0 Å². The molecule has 3 nitrogen and oxygen atoms in total. The Morgan fingerprint density at radius 3 is 1.92 bits per heavy atom. The maximum Gasteiger partial charge on any atom is 0.368 e. The van der Waals surface area contributed by atoms with Gasteiger partial charge in [0.15, 0.2) is 0 Å². The second-order valence-corrected chi connectivity index (χ2v) is 6.26. The average molecular weight is 197 g/mol. The zero-order valence-electron chi connectivity index (χ0n) is 8.20. The molecule has 0 atom stereocenters. The van der Waals surface area contributed by atoms with Gasteiger partial charge in [0.2, 0.25) is 0 Å². The maximum atomic E-state index is 5.59. The molecule has 0 aliphatic heterocycles. The first-order valence-electron chi connectivity index (χ1n) is 4.08. The molecule has 0 unspecified atom stereocenters. The van der Waals surface area contributed by atoms with Crippen LogP contribution in [0.1, 0.15) is 0 Å². The summed E-state index contributed by atoms with van der Waals surface area (Å²) in [5, 5.41) is 1.09. The molecule has 13 heavy (non-hydrogen) atoms. The summed E-state index contributed by atoms with van der Waals surface area (Å²) in [5.74, 6) is 0. The SMILES string of the molecule is CO[Si](C)(OC)c1ccc(N)cc1. The van der Waals surface area contributed by atoms with E-state index in [1.807, 2.05) is 30.8 Å². The van der Waals surface area contributed by atoms with Gasteiger partial charge in [-0.25, -0.2) is 0 Å². The highest BCUT2D eigenvalue weighted by Crippen LogP contribution is 2.07. The largest absolute Gasteiger partial charge is 0.399 e. The number of hydrogen-bond donors (Lipinski definition) is 1. The first-order chi connectivity index (χ1) is 6.12. The standard InChI is InChI=1S/C9H15NO2Si/c1-11-13(3,12-2)9-6-4-8(10)5-7-9/h4-7H,10H2,1-3H3. The predicted octanol–water partition coefficient (Wildman–Crippen LogP) is 0.841. The predicted molar refractivity (Wildman–Crippen MR) is 56.1 cm³/mol. The third-order valence-electron chi connectivity index (χ3n) is 2.21. The van der Waals surface area contributed by atoms with Crippen molar-refractivity contribution in [3.8, 4) is 0 Å². The first kappa shape index (κ1) is 10.2. The Hall–Kier alpha value is -0.843. The second kappa shape index (κ2) is 3.91. The van der Waals surface area contributed by atoms with E-state index in [1.165, 1.54) is 0 Å². The molecule has 0 radical (unpaired) electrons. The Bertz CT molecular complexity index is 269. The molecule has 0 amide bonds. The fourth-order valence-electron chi connectivity index (χ4n) is 1.10. The van der Waals surface area contributed by atoms with Crippen LogP contribution in [-0.2, 0) is 8.85 Å². The van der Waals surface area contributed by atoms with Crippen molar-refractivity contribution in [2.24, 2.45) is 0 Å². The van der Waals surface area contributed by atoms with Crippen LogP contribution in [0.25, 0.3) is 0 Å². The van der Waals surface area contributed by atoms with Crippen molar-refractivity contribution in [1.82, 2.24) is 0 Å². The molecule has 0 aliphatic rings. The van der Waals surface area contributed by atoms with Gasteiger partial charge in [-0.3, -0.25) is 0 Å². The number of benzene rings is 1. The molecule has 1 rings (SSSR count). The van der Waals surface area contributed by atoms with E-state index in [1.54, 1.807) is 14.2 Å². The summed E-state index contributed by atoms with van der Waals surface area (Å²) in [6.45, 7) is 2.00. The number of anilines is 1. The summed E-state index contributed by atoms with van der Waals surface area (Å²) in [5.41, 5.74) is 6.34. The fraction of sp³-hybridized carbons (Fsp3) is 0.333. The van der Waals surface area contributed by atoms with Crippen molar-refractivity contribution in [2.75, 3.05) is 20.0 Å². The molecule has 1 aromatic rings. The molecule has 0 fully saturated rings. The van der Waals surface area contributed by atoms with Gasteiger partial charge in [0.05, 0.1) is 0 Å². The van der Waals surface area contributed by atoms with E-state index in [4.69, 9.17) is 14.6 Å². The van der Waals surface area contributed by atoms with Crippen molar-refractivity contribution in [3.05, 3.63) is 24.3 Å². The smallest absolute Gasteiger partial charge is 0.368 e. The van der Waals surface area contributed by atoms with Gasteiger partial charge in [0.1, 0.15) is 0 Å². The first-order valence-corrected chi connectivity index (χ1v) is 6.40. The van der Waals surface area contributed by atoms with E-state index < -0.39 is 8.56 Å². The normalized spacial score (nSPS) is 11.6. The minimum Gasteiger partial charge on any atom is -0.399 e. The molecular weight excluding hydrogens is 182 g/mol. The Morgan fingerprint density at radius 2 is 1.54 bits per heavy atom. The molecule has 0 spiro atoms. The molecule has 0 aliphatic carbocycles. The molecule has 0 aromatic heterocycles. The van der Waals surface area contributed by atoms with E-state index >= 15 is 0 Å². The molecule has 2 N–H and O–H groups in total. The van der Waals surface area contributed by atoms with E-state index in [-0.39, 0.29) is 0 Å². The lowest BCUT2D eigenvalue weighted by Crippen LogP contribution is -2.49. The zero-order valence-corrected chi connectivity index (χ0v) is 9.20. The Labute approximate surface area is 79.7 Å². The molecule has 0 saturated heterocycles. The molecule has 0 heterocycles. The van der Waals surface area contributed by atoms with Crippen LogP contribution in [0.3, 0.4) is 0 Å². The van der Waals surface area contributed by atoms with E-state index in [0.29, 0.717) is 0 Å². The lowest BCUT2D eigenvalue weighted by Gasteiger charge is -2.22. The second-order valence-electron chi connectivity index (χ2n) is 2.98. The maximum absolute atomic E-state index is 5.59. The van der Waals surface area contributed by atoms with Crippen LogP contribution in [0.5, 0.6) is 0 Å². The van der Waals surface area contributed by atoms with Gasteiger partial charge in [-0.2, -0.15) is 0 Å². The molecular formula is C9H15NO2Si. The van der Waals surface area contributed by atoms with Gasteiger partial charge in [-0.05, 0) is 23.9 Å². The molecule has 1 aromatic carbocycles. The van der Waals surface area contributed by atoms with Gasteiger partial charge < -0.3 is 14.6 Å². The lowest BCUT2D eigenvalue weighted by molar-refractivity contribution is 0.265. The van der Waals surface area contributed by atoms with Crippen LogP contribution >= 0.6 is 0 Å². The Balaban J connectivity index is 2.99. The summed E-state index contributed by atoms with van der Waals surface area (Å²) in [7, 11) is 1.19. The number of hydrogen-bond acceptors (Lipinski definition) is 3. The van der Waals surface area contributed by atoms with Crippen molar-refractivity contribution >= 4 is 19.4 Å². The van der Waals surface area contributed by atoms with Crippen LogP contribution < -0.4 is 10.9 Å². The Kier molecular flexibility index (Phi) is 3.08. The number of rotatable bonds is 3. The van der Waals surface area contributed by atoms with E-state index in [0.717, 1.165) is 10.9 Å². The highest BCUT2D eigenvalue weighted by molar-refractivity contribution is 6.79. The van der Waals surface area contributed by atoms with Crippen LogP contribution in [0.2, 0.25) is 6.55 Å². The minimum absolute atomic E-state index is 0.757. The summed E-state index contributed by atoms with van der Waals surface area (Å²) >= 11 is 0. The summed E-state index contributed by atoms with van der Waals surface area (Å²) in [4.78, 5) is 0. The lowest BCUT2D eigenvalue weighted by atomic mass is 10.3. The Morgan fingerprint density at radius 1 is 1.08 bits per heavy atom. The summed E-state index contributed by atoms with van der Waals surface area (Å²) < 4.78 is 10.8. The van der Waals surface area contributed by atoms with Crippen LogP contribution in [0.15, 0.2) is 24.3 Å². The topological polar surface area (TPSA) is 44.5 Å². The van der Waals surface area contributed by atoms with Gasteiger partial charge in [-0.1, -0.05) is 12.1 Å². The van der Waals surface area contributed by atoms with Crippen LogP contribution in [-0.4, -0.2) is 22.8 Å². The van der Waals surface area contributed by atoms with Gasteiger partial charge in [0, 0.05) is 19.9 Å². The quantitative estimate of drug-likeness (QED) is 0.577. The monoisotopic (exact) mass is 197 g/mol. The van der Waals surface area contributed by atoms with Crippen molar-refractivity contribution in [3.63, 3.8) is 0 Å². The highest BCUT2D eigenvalue weighted by atomic mass is 28.4. The highest BCUT2D eigenvalue weighted by Gasteiger charge is 2.31. The molecule has 0 bridgehead atoms. The van der Waals surface area contributed by atoms with Crippen molar-refractivity contribution in [2.45, 2.75) is 6.55 Å². The van der Waals surface area contributed by atoms with Gasteiger partial charge in [0.25, 0.3) is 0 Å². The van der Waals surface area contributed by atoms with Crippen LogP contribution in [0.4, 0.5) is 5.69 Å². The number of nitrogens with two attached hydrogens (primary N) is 1. The van der Waals surface area contributed by atoms with Gasteiger partial charge in [-0.15, -0.1) is 0 Å². The van der Waals surface area contributed by atoms with Crippen molar-refractivity contribution < 1.29 is 8.85 Å². The minimum atomic E-state index is -2.15. The van der Waals surface area contributed by atoms with E-state index in [9.17, 15) is 0 Å². The van der Waals surface area contributed by atoms with Crippen LogP contribution in [0, 0.1) is 0 Å². The number of nitrogen functional groups attached to an aromatic ring is 1. The third kappa shape index (κ3) is 2.09. The third-order valence-corrected chi connectivity index (χ3v) is 5.15. The fourth-order valence-corrected chi connectivity index (χ4v) is 2.52. The summed E-state index contributed by atoms with van der Waals surface area (Å²) in [6.07, 6.45) is 0. The average Bonchev–Trinajstić information content (AvgIpc) is 2.18. The molecule has 4 heteroatoms. The molecule has 0 saturated carbocycles. The zero-order chi connectivity index (χ0) is 9.90. The van der Waals surface area contributed by atoms with E-state index in [2.05, 4.69) is 0 Å². The van der Waals surface area contributed by atoms with Gasteiger partial charge >= 0.3 is 8.56 Å². The molecule has 72 valence electrons.